The zero-order valence-corrected chi connectivity index (χ0v) is 12.2. The molecule has 3 aromatic rings. The maximum absolute atomic E-state index is 11.5. The molecule has 21 heavy (non-hydrogen) atoms. The second kappa shape index (κ2) is 6.12. The molecule has 0 aliphatic carbocycles. The summed E-state index contributed by atoms with van der Waals surface area (Å²) in [5, 5.41) is 10.3. The molecule has 0 unspecified atom stereocenters. The Morgan fingerprint density at radius 3 is 3.10 bits per heavy atom. The molecule has 0 aliphatic rings. The van der Waals surface area contributed by atoms with E-state index in [-0.39, 0.29) is 0 Å². The van der Waals surface area contributed by atoms with Gasteiger partial charge >= 0.3 is 0 Å². The lowest BCUT2D eigenvalue weighted by Gasteiger charge is -1.99. The number of carbonyl (C=O) groups is 1. The lowest BCUT2D eigenvalue weighted by atomic mass is 10.2. The Hall–Kier alpha value is -2.10. The van der Waals surface area contributed by atoms with E-state index in [0.29, 0.717) is 28.2 Å². The molecular formula is C12H10N4O3S2. The third-order valence-corrected chi connectivity index (χ3v) is 4.26. The largest absolute Gasteiger partial charge is 0.468 e. The number of nitrogen functional groups attached to an aromatic ring is 1. The molecule has 3 aromatic heterocycles. The number of hydrogen-bond donors (Lipinski definition) is 2. The molecule has 7 nitrogen and oxygen atoms in total. The summed E-state index contributed by atoms with van der Waals surface area (Å²) in [6.07, 6.45) is 1.44. The molecule has 0 atom stereocenters. The molecule has 0 spiro atoms. The van der Waals surface area contributed by atoms with Gasteiger partial charge < -0.3 is 8.83 Å². The highest BCUT2D eigenvalue weighted by Gasteiger charge is 2.16. The van der Waals surface area contributed by atoms with Crippen LogP contribution in [0.1, 0.15) is 16.1 Å². The highest BCUT2D eigenvalue weighted by Crippen LogP contribution is 2.28. The van der Waals surface area contributed by atoms with Crippen LogP contribution >= 0.6 is 23.1 Å². The van der Waals surface area contributed by atoms with Crippen LogP contribution in [0.15, 0.2) is 43.9 Å². The maximum Gasteiger partial charge on any atom is 0.277 e. The summed E-state index contributed by atoms with van der Waals surface area (Å²) in [6, 6.07) is 5.38. The van der Waals surface area contributed by atoms with Gasteiger partial charge in [-0.25, -0.2) is 5.84 Å². The van der Waals surface area contributed by atoms with Crippen LogP contribution in [0.3, 0.4) is 0 Å². The second-order valence-corrected chi connectivity index (χ2v) is 5.74. The molecule has 0 aliphatic heterocycles. The van der Waals surface area contributed by atoms with Crippen molar-refractivity contribution in [1.82, 2.24) is 15.6 Å². The van der Waals surface area contributed by atoms with Gasteiger partial charge in [-0.05, 0) is 17.5 Å². The number of nitrogens with two attached hydrogens (primary N) is 1. The number of hydrogen-bond acceptors (Lipinski definition) is 8. The van der Waals surface area contributed by atoms with Crippen molar-refractivity contribution < 1.29 is 13.6 Å². The number of hydrazine groups is 1. The summed E-state index contributed by atoms with van der Waals surface area (Å²) in [7, 11) is 0. The molecule has 3 N–H and O–H groups in total. The Labute approximate surface area is 127 Å². The van der Waals surface area contributed by atoms with Gasteiger partial charge in [-0.3, -0.25) is 10.2 Å². The Bertz CT molecular complexity index is 735. The highest BCUT2D eigenvalue weighted by molar-refractivity contribution is 7.98. The fourth-order valence-electron chi connectivity index (χ4n) is 1.63. The highest BCUT2D eigenvalue weighted by atomic mass is 32.2. The molecule has 0 saturated heterocycles. The molecule has 108 valence electrons. The minimum absolute atomic E-state index is 0.391. The van der Waals surface area contributed by atoms with Gasteiger partial charge in [0.25, 0.3) is 17.0 Å². The summed E-state index contributed by atoms with van der Waals surface area (Å²) >= 11 is 2.81. The number of nitrogens with zero attached hydrogens (tertiary/aromatic N) is 2. The van der Waals surface area contributed by atoms with Crippen LogP contribution in [0.2, 0.25) is 0 Å². The van der Waals surface area contributed by atoms with Crippen molar-refractivity contribution in [3.63, 3.8) is 0 Å². The molecule has 0 fully saturated rings. The third kappa shape index (κ3) is 2.99. The van der Waals surface area contributed by atoms with Crippen molar-refractivity contribution in [2.45, 2.75) is 11.0 Å². The van der Waals surface area contributed by atoms with Gasteiger partial charge in [0.05, 0.1) is 22.5 Å². The number of furan rings is 1. The smallest absolute Gasteiger partial charge is 0.277 e. The summed E-state index contributed by atoms with van der Waals surface area (Å²) in [6.45, 7) is 0. The SMILES string of the molecule is NNC(=O)c1ccoc1CSc1nnc(-c2cccs2)o1. The number of nitrogens with one attached hydrogen (secondary N) is 1. The predicted molar refractivity (Wildman–Crippen MR) is 77.5 cm³/mol. The monoisotopic (exact) mass is 322 g/mol. The average Bonchev–Trinajstić information content (AvgIpc) is 3.23. The molecule has 0 bridgehead atoms. The first-order chi connectivity index (χ1) is 10.3. The first-order valence-electron chi connectivity index (χ1n) is 5.85. The van der Waals surface area contributed by atoms with Gasteiger partial charge in [0, 0.05) is 0 Å². The van der Waals surface area contributed by atoms with Crippen molar-refractivity contribution in [2.75, 3.05) is 0 Å². The molecule has 9 heteroatoms. The molecule has 0 saturated carbocycles. The van der Waals surface area contributed by atoms with Crippen molar-refractivity contribution in [3.05, 3.63) is 41.2 Å². The number of aromatic nitrogens is 2. The van der Waals surface area contributed by atoms with E-state index in [1.54, 1.807) is 6.07 Å². The lowest BCUT2D eigenvalue weighted by molar-refractivity contribution is 0.0952. The second-order valence-electron chi connectivity index (χ2n) is 3.87. The summed E-state index contributed by atoms with van der Waals surface area (Å²) in [5.74, 6) is 6.08. The quantitative estimate of drug-likeness (QED) is 0.321. The van der Waals surface area contributed by atoms with Gasteiger partial charge in [-0.1, -0.05) is 17.8 Å². The number of rotatable bonds is 5. The van der Waals surface area contributed by atoms with E-state index in [4.69, 9.17) is 14.7 Å². The van der Waals surface area contributed by atoms with Crippen LogP contribution in [0.4, 0.5) is 0 Å². The number of amides is 1. The Kier molecular flexibility index (Phi) is 4.04. The number of thiophene rings is 1. The van der Waals surface area contributed by atoms with E-state index < -0.39 is 5.91 Å². The molecule has 3 heterocycles. The zero-order valence-electron chi connectivity index (χ0n) is 10.6. The first kappa shape index (κ1) is 13.9. The van der Waals surface area contributed by atoms with Gasteiger partial charge in [0.15, 0.2) is 0 Å². The maximum atomic E-state index is 11.5. The standard InChI is InChI=1S/C12H10N4O3S2/c13-14-10(17)7-3-4-18-8(7)6-21-12-16-15-11(19-12)9-2-1-5-20-9/h1-5H,6,13H2,(H,14,17). The summed E-state index contributed by atoms with van der Waals surface area (Å²) in [5.41, 5.74) is 2.46. The summed E-state index contributed by atoms with van der Waals surface area (Å²) in [4.78, 5) is 12.4. The van der Waals surface area contributed by atoms with E-state index in [0.717, 1.165) is 4.88 Å². The van der Waals surface area contributed by atoms with Crippen molar-refractivity contribution >= 4 is 29.0 Å². The lowest BCUT2D eigenvalue weighted by Crippen LogP contribution is -2.30. The normalized spacial score (nSPS) is 10.7. The average molecular weight is 322 g/mol. The van der Waals surface area contributed by atoms with E-state index in [2.05, 4.69) is 15.6 Å². The molecule has 0 aromatic carbocycles. The van der Waals surface area contributed by atoms with Crippen LogP contribution in [-0.4, -0.2) is 16.1 Å². The Morgan fingerprint density at radius 2 is 2.33 bits per heavy atom. The van der Waals surface area contributed by atoms with E-state index >= 15 is 0 Å². The van der Waals surface area contributed by atoms with Crippen LogP contribution in [-0.2, 0) is 5.75 Å². The Morgan fingerprint density at radius 1 is 1.43 bits per heavy atom. The Balaban J connectivity index is 1.69. The van der Waals surface area contributed by atoms with Gasteiger partial charge in [-0.15, -0.1) is 21.5 Å². The predicted octanol–water partition coefficient (Wildman–Crippen LogP) is 2.29. The fourth-order valence-corrected chi connectivity index (χ4v) is 2.99. The van der Waals surface area contributed by atoms with Gasteiger partial charge in [0.1, 0.15) is 5.76 Å². The van der Waals surface area contributed by atoms with Crippen LogP contribution in [0, 0.1) is 0 Å². The first-order valence-corrected chi connectivity index (χ1v) is 7.72. The summed E-state index contributed by atoms with van der Waals surface area (Å²) < 4.78 is 10.8. The molecule has 0 radical (unpaired) electrons. The van der Waals surface area contributed by atoms with E-state index in [1.807, 2.05) is 17.5 Å². The van der Waals surface area contributed by atoms with Crippen LogP contribution in [0.5, 0.6) is 0 Å². The molecular weight excluding hydrogens is 312 g/mol. The van der Waals surface area contributed by atoms with Crippen molar-refractivity contribution in [1.29, 1.82) is 0 Å². The topological polar surface area (TPSA) is 107 Å². The number of carbonyl (C=O) groups excluding carboxylic acids is 1. The molecule has 3 rings (SSSR count). The zero-order chi connectivity index (χ0) is 14.7. The van der Waals surface area contributed by atoms with Crippen molar-refractivity contribution in [3.8, 4) is 10.8 Å². The van der Waals surface area contributed by atoms with Gasteiger partial charge in [-0.2, -0.15) is 0 Å². The number of thioether (sulfide) groups is 1. The van der Waals surface area contributed by atoms with Crippen LogP contribution < -0.4 is 11.3 Å². The van der Waals surface area contributed by atoms with Crippen molar-refractivity contribution in [2.24, 2.45) is 5.84 Å². The van der Waals surface area contributed by atoms with Crippen LogP contribution in [0.25, 0.3) is 10.8 Å². The minimum atomic E-state index is -0.399. The fraction of sp³-hybridized carbons (Fsp3) is 0.0833. The molecule has 1 amide bonds. The van der Waals surface area contributed by atoms with E-state index in [1.165, 1.54) is 29.4 Å². The minimum Gasteiger partial charge on any atom is -0.468 e. The van der Waals surface area contributed by atoms with E-state index in [9.17, 15) is 4.79 Å². The third-order valence-electron chi connectivity index (χ3n) is 2.59. The van der Waals surface area contributed by atoms with Gasteiger partial charge in [0.2, 0.25) is 0 Å².